The molecule has 54 heavy (non-hydrogen) atoms. The molecule has 15 heteroatoms. The summed E-state index contributed by atoms with van der Waals surface area (Å²) in [4.78, 5) is 62.1. The molecule has 294 valence electrons. The number of methoxy groups -OCH3 is 1. The average molecular weight is 771 g/mol. The molecule has 2 aliphatic carbocycles. The maximum atomic E-state index is 14.8. The van der Waals surface area contributed by atoms with Crippen LogP contribution in [0.15, 0.2) is 42.6 Å². The Morgan fingerprint density at radius 1 is 1.11 bits per heavy atom. The highest BCUT2D eigenvalue weighted by Gasteiger charge is 2.63. The van der Waals surface area contributed by atoms with Crippen molar-refractivity contribution in [1.82, 2.24) is 25.2 Å². The Morgan fingerprint density at radius 2 is 1.83 bits per heavy atom. The van der Waals surface area contributed by atoms with Crippen LogP contribution < -0.4 is 24.8 Å². The number of aromatic nitrogens is 1. The number of ether oxygens (including phenoxy) is 3. The molecular weight excluding hydrogens is 715 g/mol. The van der Waals surface area contributed by atoms with E-state index in [0.717, 1.165) is 6.42 Å². The molecule has 1 aromatic heterocycles. The van der Waals surface area contributed by atoms with Crippen molar-refractivity contribution in [2.45, 2.75) is 121 Å². The molecule has 3 fully saturated rings. The van der Waals surface area contributed by atoms with Gasteiger partial charge in [-0.15, -0.1) is 0 Å². The number of nitrogens with zero attached hydrogens (tertiary/aromatic N) is 2. The summed E-state index contributed by atoms with van der Waals surface area (Å²) < 4.78 is 67.4. The highest BCUT2D eigenvalue weighted by molar-refractivity contribution is 7.91. The third-order valence-corrected chi connectivity index (χ3v) is 13.2. The van der Waals surface area contributed by atoms with Gasteiger partial charge in [-0.1, -0.05) is 44.2 Å². The lowest BCUT2D eigenvalue weighted by molar-refractivity contribution is -0.142. The van der Waals surface area contributed by atoms with Crippen molar-refractivity contribution < 1.29 is 45.9 Å². The van der Waals surface area contributed by atoms with E-state index < -0.39 is 86.8 Å². The van der Waals surface area contributed by atoms with Gasteiger partial charge in [0.2, 0.25) is 27.7 Å². The van der Waals surface area contributed by atoms with Crippen LogP contribution in [0.4, 0.5) is 4.79 Å². The molecule has 14 nitrogen and oxygen atoms in total. The van der Waals surface area contributed by atoms with E-state index in [2.05, 4.69) is 27.3 Å². The van der Waals surface area contributed by atoms with Crippen LogP contribution >= 0.6 is 0 Å². The second-order valence-corrected chi connectivity index (χ2v) is 18.9. The van der Waals surface area contributed by atoms with Crippen LogP contribution in [0.5, 0.6) is 11.6 Å². The van der Waals surface area contributed by atoms with Crippen molar-refractivity contribution in [3.8, 4) is 11.6 Å². The van der Waals surface area contributed by atoms with Crippen LogP contribution in [0.25, 0.3) is 10.8 Å². The first-order valence-corrected chi connectivity index (χ1v) is 20.1. The number of benzene rings is 1. The van der Waals surface area contributed by atoms with E-state index in [-0.39, 0.29) is 36.9 Å². The van der Waals surface area contributed by atoms with Crippen molar-refractivity contribution in [1.29, 1.82) is 0 Å². The monoisotopic (exact) mass is 770 g/mol. The van der Waals surface area contributed by atoms with Crippen molar-refractivity contribution in [3.05, 3.63) is 42.6 Å². The summed E-state index contributed by atoms with van der Waals surface area (Å²) in [6.45, 7) is 10.5. The smallest absolute Gasteiger partial charge is 0.408 e. The zero-order valence-electron chi connectivity index (χ0n) is 34.6. The first-order valence-electron chi connectivity index (χ1n) is 20.1. The normalized spacial score (nSPS) is 31.4. The van der Waals surface area contributed by atoms with Gasteiger partial charge < -0.3 is 29.7 Å². The van der Waals surface area contributed by atoms with E-state index in [1.54, 1.807) is 52.0 Å². The number of sulfonamides is 1. The summed E-state index contributed by atoms with van der Waals surface area (Å²) in [5, 5.41) is 6.48. The number of carbonyl (C=O) groups is 4. The van der Waals surface area contributed by atoms with Gasteiger partial charge in [-0.25, -0.2) is 18.2 Å². The Balaban J connectivity index is 1.35. The Bertz CT molecular complexity index is 2050. The summed E-state index contributed by atoms with van der Waals surface area (Å²) in [5.74, 6) is -2.74. The van der Waals surface area contributed by atoms with Gasteiger partial charge in [0.05, 0.1) is 28.6 Å². The van der Waals surface area contributed by atoms with Crippen LogP contribution in [-0.4, -0.2) is 89.8 Å². The van der Waals surface area contributed by atoms with Crippen LogP contribution in [0.2, 0.25) is 0 Å². The first kappa shape index (κ1) is 35.3. The predicted molar refractivity (Wildman–Crippen MR) is 201 cm³/mol. The Labute approximate surface area is 321 Å². The quantitative estimate of drug-likeness (QED) is 0.342. The van der Waals surface area contributed by atoms with Gasteiger partial charge in [0.25, 0.3) is 5.91 Å². The van der Waals surface area contributed by atoms with Crippen LogP contribution in [-0.2, 0) is 29.1 Å². The van der Waals surface area contributed by atoms with Crippen molar-refractivity contribution >= 4 is 44.6 Å². The number of amides is 4. The molecular formula is C39H53N5O9S. The molecule has 0 spiro atoms. The van der Waals surface area contributed by atoms with E-state index in [1.807, 2.05) is 19.1 Å². The minimum atomic E-state index is -4.03. The van der Waals surface area contributed by atoms with Crippen LogP contribution in [0, 0.1) is 17.8 Å². The number of hydrogen-bond donors (Lipinski definition) is 3. The highest BCUT2D eigenvalue weighted by Crippen LogP contribution is 2.47. The molecule has 0 radical (unpaired) electrons. The number of hydrogen-bond acceptors (Lipinski definition) is 10. The second-order valence-electron chi connectivity index (χ2n) is 16.7. The number of carbonyl (C=O) groups excluding carboxylic acids is 4. The minimum absolute atomic E-state index is 0.0140. The SMILES string of the molecule is [2H]C([2H])([2H])Oc1cnc(O[C@@H]2C[C@H]3C(=O)N[C@]4(C(=O)NS(=O)(=O)C5(C)CC5)C[C@H]4/C=C\CC[C@H](C)C[C@@H](C)[C@H](NC(=O)OC(C)(C)C)C(=O)N3C2)c2ccccc12. The molecule has 3 N–H and O–H groups in total. The molecule has 7 atom stereocenters. The van der Waals surface area contributed by atoms with E-state index in [1.165, 1.54) is 11.1 Å². The number of pyridine rings is 1. The van der Waals surface area contributed by atoms with Gasteiger partial charge in [-0.05, 0) is 84.1 Å². The lowest BCUT2D eigenvalue weighted by Gasteiger charge is -2.33. The Morgan fingerprint density at radius 3 is 2.52 bits per heavy atom. The Kier molecular flexibility index (Phi) is 9.60. The largest absolute Gasteiger partial charge is 0.494 e. The maximum absolute atomic E-state index is 14.8. The van der Waals surface area contributed by atoms with E-state index in [9.17, 15) is 27.6 Å². The second kappa shape index (κ2) is 14.7. The summed E-state index contributed by atoms with van der Waals surface area (Å²) in [5.41, 5.74) is -2.44. The zero-order valence-corrected chi connectivity index (χ0v) is 32.5. The highest BCUT2D eigenvalue weighted by atomic mass is 32.2. The number of rotatable bonds is 7. The molecule has 1 saturated heterocycles. The predicted octanol–water partition coefficient (Wildman–Crippen LogP) is 4.37. The summed E-state index contributed by atoms with van der Waals surface area (Å²) in [6, 6.07) is 4.44. The van der Waals surface area contributed by atoms with Crippen LogP contribution in [0.3, 0.4) is 0 Å². The summed E-state index contributed by atoms with van der Waals surface area (Å²) in [6.07, 6.45) is 6.23. The lowest BCUT2D eigenvalue weighted by atomic mass is 9.88. The molecule has 2 aliphatic heterocycles. The molecule has 2 saturated carbocycles. The van der Waals surface area contributed by atoms with Crippen molar-refractivity contribution in [2.24, 2.45) is 17.8 Å². The average Bonchev–Trinajstić information content (AvgIpc) is 3.98. The fraction of sp³-hybridized carbons (Fsp3) is 0.615. The molecule has 1 aromatic carbocycles. The molecule has 2 aromatic rings. The maximum Gasteiger partial charge on any atom is 0.408 e. The van der Waals surface area contributed by atoms with E-state index in [0.29, 0.717) is 36.5 Å². The van der Waals surface area contributed by atoms with Gasteiger partial charge >= 0.3 is 6.09 Å². The van der Waals surface area contributed by atoms with Crippen molar-refractivity contribution in [2.75, 3.05) is 13.6 Å². The zero-order chi connectivity index (χ0) is 41.7. The molecule has 4 amide bonds. The third-order valence-electron chi connectivity index (χ3n) is 11.0. The van der Waals surface area contributed by atoms with E-state index >= 15 is 0 Å². The number of fused-ring (bicyclic) bond motifs is 3. The lowest BCUT2D eigenvalue weighted by Crippen LogP contribution is -2.59. The minimum Gasteiger partial charge on any atom is -0.494 e. The van der Waals surface area contributed by atoms with Gasteiger partial charge in [-0.3, -0.25) is 19.1 Å². The molecule has 6 rings (SSSR count). The Hall–Kier alpha value is -4.40. The fourth-order valence-corrected chi connectivity index (χ4v) is 8.82. The molecule has 0 bridgehead atoms. The summed E-state index contributed by atoms with van der Waals surface area (Å²) >= 11 is 0. The van der Waals surface area contributed by atoms with Gasteiger partial charge in [0, 0.05) is 23.1 Å². The number of nitrogens with one attached hydrogen (secondary N) is 3. The van der Waals surface area contributed by atoms with E-state index in [4.69, 9.17) is 18.3 Å². The molecule has 0 unspecified atom stereocenters. The number of allylic oxidation sites excluding steroid dienone is 1. The van der Waals surface area contributed by atoms with Gasteiger partial charge in [0.1, 0.15) is 35.1 Å². The number of alkyl carbamates (subject to hydrolysis) is 1. The van der Waals surface area contributed by atoms with Crippen molar-refractivity contribution in [3.63, 3.8) is 0 Å². The summed E-state index contributed by atoms with van der Waals surface area (Å²) in [7, 11) is -6.77. The first-order chi connectivity index (χ1) is 26.5. The third kappa shape index (κ3) is 8.15. The van der Waals surface area contributed by atoms with Gasteiger partial charge in [0.15, 0.2) is 0 Å². The molecule has 4 aliphatic rings. The standard InChI is InChI=1S/C39H53N5O9S/c1-23-12-8-9-13-25-20-39(25,35(47)43-54(49,50)38(6)16-17-38)42-32(45)29-19-26(52-33-28-15-11-10-14-27(28)30(51-7)21-40-33)22-44(29)34(46)31(24(2)18-23)41-36(48)53-37(3,4)5/h9-11,13-15,21,23-26,29,31H,8,12,16-20,22H2,1-7H3,(H,41,48)(H,42,45)(H,43,47)/b13-9-/t23-,24+,25+,26+,29-,31-,39+/m0/s1/i7D3. The topological polar surface area (TPSA) is 182 Å². The molecule has 3 heterocycles. The van der Waals surface area contributed by atoms with Gasteiger partial charge in [-0.2, -0.15) is 0 Å². The fourth-order valence-electron chi connectivity index (χ4n) is 7.51. The van der Waals surface area contributed by atoms with Crippen LogP contribution in [0.1, 0.15) is 90.6 Å².